The van der Waals surface area contributed by atoms with E-state index >= 15 is 0 Å². The Morgan fingerprint density at radius 3 is 0.962 bits per heavy atom. The summed E-state index contributed by atoms with van der Waals surface area (Å²) >= 11 is 0. The molecule has 0 aromatic heterocycles. The maximum atomic E-state index is 3.25. The summed E-state index contributed by atoms with van der Waals surface area (Å²) in [5.74, 6) is 0. The number of hydrogen-bond acceptors (Lipinski definition) is 0. The van der Waals surface area contributed by atoms with Crippen LogP contribution < -0.4 is 44.6 Å². The largest absolute Gasteiger partial charge is 1.00 e. The van der Waals surface area contributed by atoms with Crippen molar-refractivity contribution in [3.63, 3.8) is 0 Å². The van der Waals surface area contributed by atoms with Crippen LogP contribution in [0.15, 0.2) is 0 Å². The van der Waals surface area contributed by atoms with E-state index < -0.39 is 0 Å². The van der Waals surface area contributed by atoms with E-state index in [1.807, 2.05) is 0 Å². The molecule has 0 saturated carbocycles. The summed E-state index contributed by atoms with van der Waals surface area (Å²) in [5, 5.41) is 0. The van der Waals surface area contributed by atoms with Crippen LogP contribution in [0.2, 0.25) is 0 Å². The van der Waals surface area contributed by atoms with Crippen molar-refractivity contribution in [2.45, 2.75) is 117 Å². The number of halogens is 2. The molecule has 164 valence electrons. The van der Waals surface area contributed by atoms with Crippen molar-refractivity contribution in [1.29, 1.82) is 0 Å². The number of hydrogen-bond donors (Lipinski definition) is 2. The van der Waals surface area contributed by atoms with Gasteiger partial charge in [-0.2, -0.15) is 0 Å². The van der Waals surface area contributed by atoms with Gasteiger partial charge in [0, 0.05) is 0 Å². The molecule has 26 heavy (non-hydrogen) atoms. The molecule has 0 radical (unpaired) electrons. The zero-order valence-electron chi connectivity index (χ0n) is 18.7. The second kappa shape index (κ2) is 33.5. The zero-order valence-corrected chi connectivity index (χ0v) is 21.9. The lowest BCUT2D eigenvalue weighted by atomic mass is 10.1. The van der Waals surface area contributed by atoms with Crippen molar-refractivity contribution in [1.82, 2.24) is 0 Å². The minimum absolute atomic E-state index is 0. The van der Waals surface area contributed by atoms with Gasteiger partial charge in [-0.1, -0.05) is 90.9 Å². The molecule has 0 aliphatic rings. The van der Waals surface area contributed by atoms with Gasteiger partial charge in [-0.25, -0.2) is 0 Å². The normalized spacial score (nSPS) is 9.92. The Balaban J connectivity index is -0.000000582. The Bertz CT molecular complexity index is 185. The summed E-state index contributed by atoms with van der Waals surface area (Å²) in [6.07, 6.45) is 23.1. The first-order chi connectivity index (χ1) is 11.8. The minimum Gasteiger partial charge on any atom is -1.00 e. The first-order valence-corrected chi connectivity index (χ1v) is 11.3. The summed E-state index contributed by atoms with van der Waals surface area (Å²) < 4.78 is 0. The standard InChI is InChI=1S/C21H45N.CH5N.2BrH/c1-4-6-8-10-12-14-16-18-20-22(3)21-19-17-15-13-11-9-7-5-2;1-2;;/h4-21H2,1-3H3;2H2,1H3;2*1H. The molecule has 0 fully saturated rings. The van der Waals surface area contributed by atoms with Gasteiger partial charge in [0.05, 0.1) is 27.2 Å². The van der Waals surface area contributed by atoms with Gasteiger partial charge in [0.1, 0.15) is 0 Å². The number of nitrogens with one attached hydrogen (secondary N) is 1. The predicted octanol–water partition coefficient (Wildman–Crippen LogP) is -1.35. The van der Waals surface area contributed by atoms with Crippen molar-refractivity contribution >= 4 is 0 Å². The second-order valence-electron chi connectivity index (χ2n) is 7.41. The summed E-state index contributed by atoms with van der Waals surface area (Å²) in [7, 11) is 4.14. The van der Waals surface area contributed by atoms with Crippen LogP contribution in [-0.2, 0) is 0 Å². The molecule has 2 nitrogen and oxygen atoms in total. The molecule has 0 rings (SSSR count). The third-order valence-electron chi connectivity index (χ3n) is 4.91. The third kappa shape index (κ3) is 32.5. The maximum absolute atomic E-state index is 3.25. The molecule has 0 aliphatic heterocycles. The lowest BCUT2D eigenvalue weighted by molar-refractivity contribution is -0.880. The first kappa shape index (κ1) is 34.4. The number of quaternary nitrogens is 2. The molecule has 0 heterocycles. The summed E-state index contributed by atoms with van der Waals surface area (Å²) in [4.78, 5) is 1.76. The number of unbranched alkanes of at least 4 members (excludes halogenated alkanes) is 14. The van der Waals surface area contributed by atoms with Gasteiger partial charge < -0.3 is 44.6 Å². The van der Waals surface area contributed by atoms with Gasteiger partial charge >= 0.3 is 0 Å². The molecule has 0 aromatic rings. The Morgan fingerprint density at radius 1 is 0.462 bits per heavy atom. The van der Waals surface area contributed by atoms with Crippen LogP contribution in [-0.4, -0.2) is 27.2 Å². The third-order valence-corrected chi connectivity index (χ3v) is 4.91. The molecule has 4 heteroatoms. The fraction of sp³-hybridized carbons (Fsp3) is 1.00. The molecule has 0 amide bonds. The van der Waals surface area contributed by atoms with Gasteiger partial charge in [-0.3, -0.25) is 0 Å². The van der Waals surface area contributed by atoms with E-state index in [0.29, 0.717) is 0 Å². The molecule has 0 bridgehead atoms. The first-order valence-electron chi connectivity index (χ1n) is 11.3. The Labute approximate surface area is 188 Å². The fourth-order valence-corrected chi connectivity index (χ4v) is 3.25. The topological polar surface area (TPSA) is 32.1 Å². The highest BCUT2D eigenvalue weighted by atomic mass is 79.9. The van der Waals surface area contributed by atoms with E-state index in [9.17, 15) is 0 Å². The number of rotatable bonds is 18. The molecule has 0 unspecified atom stereocenters. The van der Waals surface area contributed by atoms with Crippen LogP contribution in [0.4, 0.5) is 0 Å². The van der Waals surface area contributed by atoms with Crippen molar-refractivity contribution in [3.8, 4) is 0 Å². The average Bonchev–Trinajstić information content (AvgIpc) is 2.61. The van der Waals surface area contributed by atoms with Crippen molar-refractivity contribution < 1.29 is 44.6 Å². The van der Waals surface area contributed by atoms with E-state index in [1.165, 1.54) is 116 Å². The van der Waals surface area contributed by atoms with Gasteiger partial charge in [-0.15, -0.1) is 0 Å². The van der Waals surface area contributed by atoms with Crippen LogP contribution in [0.5, 0.6) is 0 Å². The van der Waals surface area contributed by atoms with Crippen LogP contribution in [0.3, 0.4) is 0 Å². The highest BCUT2D eigenvalue weighted by Crippen LogP contribution is 2.08. The van der Waals surface area contributed by atoms with E-state index in [0.717, 1.165) is 0 Å². The fourth-order valence-electron chi connectivity index (χ4n) is 3.25. The lowest BCUT2D eigenvalue weighted by Crippen LogP contribution is -3.09. The van der Waals surface area contributed by atoms with Crippen molar-refractivity contribution in [3.05, 3.63) is 0 Å². The van der Waals surface area contributed by atoms with Gasteiger partial charge in [0.15, 0.2) is 0 Å². The molecule has 0 spiro atoms. The van der Waals surface area contributed by atoms with E-state index in [2.05, 4.69) is 26.6 Å². The van der Waals surface area contributed by atoms with Gasteiger partial charge in [-0.05, 0) is 25.7 Å². The van der Waals surface area contributed by atoms with Gasteiger partial charge in [0.2, 0.25) is 0 Å². The van der Waals surface area contributed by atoms with Crippen molar-refractivity contribution in [2.24, 2.45) is 0 Å². The Kier molecular flexibility index (Phi) is 44.3. The summed E-state index contributed by atoms with van der Waals surface area (Å²) in [6.45, 7) is 7.38. The van der Waals surface area contributed by atoms with Crippen LogP contribution in [0, 0.1) is 0 Å². The summed E-state index contributed by atoms with van der Waals surface area (Å²) in [5.41, 5.74) is 3.25. The predicted molar refractivity (Wildman–Crippen MR) is 111 cm³/mol. The highest BCUT2D eigenvalue weighted by Gasteiger charge is 2.01. The van der Waals surface area contributed by atoms with E-state index in [-0.39, 0.29) is 34.0 Å². The molecule has 0 atom stereocenters. The molecule has 0 aliphatic carbocycles. The van der Waals surface area contributed by atoms with E-state index in [4.69, 9.17) is 0 Å². The minimum atomic E-state index is 0. The second-order valence-corrected chi connectivity index (χ2v) is 7.41. The Hall–Kier alpha value is 0.880. The quantitative estimate of drug-likeness (QED) is 0.217. The molecule has 0 aromatic carbocycles. The molecular weight excluding hydrogens is 452 g/mol. The SMILES string of the molecule is CCCCCCCCCC[NH+](C)CCCCCCCCCC.C[NH3+].[Br-].[Br-]. The average molecular weight is 504 g/mol. The molecule has 0 saturated heterocycles. The van der Waals surface area contributed by atoms with Crippen LogP contribution >= 0.6 is 0 Å². The monoisotopic (exact) mass is 502 g/mol. The molecular formula is C22H52Br2N2. The Morgan fingerprint density at radius 2 is 0.692 bits per heavy atom. The molecule has 4 N–H and O–H groups in total. The maximum Gasteiger partial charge on any atom is 0.0768 e. The van der Waals surface area contributed by atoms with Crippen LogP contribution in [0.25, 0.3) is 0 Å². The van der Waals surface area contributed by atoms with Crippen molar-refractivity contribution in [2.75, 3.05) is 27.2 Å². The zero-order chi connectivity index (χ0) is 18.3. The highest BCUT2D eigenvalue weighted by molar-refractivity contribution is 4.47. The van der Waals surface area contributed by atoms with Gasteiger partial charge in [0.25, 0.3) is 0 Å². The lowest BCUT2D eigenvalue weighted by Gasteiger charge is -2.13. The summed E-state index contributed by atoms with van der Waals surface area (Å²) in [6, 6.07) is 0. The van der Waals surface area contributed by atoms with E-state index in [1.54, 1.807) is 11.9 Å². The smallest absolute Gasteiger partial charge is 0.0768 e. The van der Waals surface area contributed by atoms with Crippen LogP contribution in [0.1, 0.15) is 117 Å².